The van der Waals surface area contributed by atoms with Crippen molar-refractivity contribution in [3.8, 4) is 5.75 Å². The predicted molar refractivity (Wildman–Crippen MR) is 63.8 cm³/mol. The molecule has 2 rings (SSSR count). The Balaban J connectivity index is 1.74. The third-order valence-corrected chi connectivity index (χ3v) is 2.79. The number of nitrogens with zero attached hydrogens (tertiary/aromatic N) is 1. The Hall–Kier alpha value is -1.55. The molecule has 1 atom stereocenters. The van der Waals surface area contributed by atoms with Gasteiger partial charge in [-0.1, -0.05) is 18.2 Å². The molecule has 4 heteroatoms. The first-order valence-corrected chi connectivity index (χ1v) is 5.89. The molecule has 1 aromatic rings. The fraction of sp³-hybridized carbons (Fsp3) is 0.462. The Kier molecular flexibility index (Phi) is 3.98. The van der Waals surface area contributed by atoms with Gasteiger partial charge in [-0.15, -0.1) is 0 Å². The van der Waals surface area contributed by atoms with Crippen molar-refractivity contribution >= 4 is 5.91 Å². The van der Waals surface area contributed by atoms with E-state index in [1.54, 1.807) is 4.90 Å². The Morgan fingerprint density at radius 1 is 1.35 bits per heavy atom. The van der Waals surface area contributed by atoms with Crippen LogP contribution < -0.4 is 4.74 Å². The highest BCUT2D eigenvalue weighted by atomic mass is 16.5. The van der Waals surface area contributed by atoms with E-state index < -0.39 is 6.10 Å². The van der Waals surface area contributed by atoms with Gasteiger partial charge >= 0.3 is 0 Å². The zero-order valence-corrected chi connectivity index (χ0v) is 9.71. The smallest absolute Gasteiger partial charge is 0.222 e. The number of para-hydroxylation sites is 1. The van der Waals surface area contributed by atoms with Crippen LogP contribution in [0.25, 0.3) is 0 Å². The van der Waals surface area contributed by atoms with Crippen molar-refractivity contribution in [1.82, 2.24) is 4.90 Å². The number of carbonyl (C=O) groups is 1. The van der Waals surface area contributed by atoms with E-state index in [-0.39, 0.29) is 12.5 Å². The molecular weight excluding hydrogens is 218 g/mol. The highest BCUT2D eigenvalue weighted by molar-refractivity contribution is 5.78. The van der Waals surface area contributed by atoms with Crippen LogP contribution in [0.5, 0.6) is 5.75 Å². The molecule has 1 heterocycles. The predicted octanol–water partition coefficient (Wildman–Crippen LogP) is 1.05. The summed E-state index contributed by atoms with van der Waals surface area (Å²) in [7, 11) is 0. The molecule has 1 aliphatic heterocycles. The molecule has 0 bridgehead atoms. The molecule has 17 heavy (non-hydrogen) atoms. The average molecular weight is 235 g/mol. The van der Waals surface area contributed by atoms with Gasteiger partial charge in [-0.05, 0) is 18.6 Å². The van der Waals surface area contributed by atoms with Gasteiger partial charge in [0.2, 0.25) is 5.91 Å². The van der Waals surface area contributed by atoms with Crippen molar-refractivity contribution in [1.29, 1.82) is 0 Å². The molecule has 1 aromatic carbocycles. The number of benzene rings is 1. The quantitative estimate of drug-likeness (QED) is 0.830. The first kappa shape index (κ1) is 11.9. The number of aliphatic hydroxyl groups is 1. The second kappa shape index (κ2) is 5.68. The van der Waals surface area contributed by atoms with Crippen LogP contribution in [-0.2, 0) is 4.79 Å². The van der Waals surface area contributed by atoms with Crippen molar-refractivity contribution in [2.75, 3.05) is 19.7 Å². The summed E-state index contributed by atoms with van der Waals surface area (Å²) in [5, 5.41) is 9.77. The molecule has 0 spiro atoms. The molecule has 1 N–H and O–H groups in total. The number of carbonyl (C=O) groups excluding carboxylic acids is 1. The largest absolute Gasteiger partial charge is 0.491 e. The second-order valence-electron chi connectivity index (χ2n) is 4.22. The van der Waals surface area contributed by atoms with Gasteiger partial charge in [0.15, 0.2) is 0 Å². The summed E-state index contributed by atoms with van der Waals surface area (Å²) in [5.74, 6) is 0.864. The Morgan fingerprint density at radius 3 is 2.76 bits per heavy atom. The molecule has 1 fully saturated rings. The van der Waals surface area contributed by atoms with Crippen molar-refractivity contribution in [3.63, 3.8) is 0 Å². The number of likely N-dealkylation sites (tertiary alicyclic amines) is 1. The SMILES string of the molecule is O=C1CCCN1C[C@@H](O)COc1ccccc1. The van der Waals surface area contributed by atoms with Gasteiger partial charge in [0.05, 0.1) is 0 Å². The molecule has 0 radical (unpaired) electrons. The summed E-state index contributed by atoms with van der Waals surface area (Å²) in [6.07, 6.45) is 0.870. The van der Waals surface area contributed by atoms with Crippen molar-refractivity contribution in [3.05, 3.63) is 30.3 Å². The van der Waals surface area contributed by atoms with E-state index in [4.69, 9.17) is 4.74 Å². The highest BCUT2D eigenvalue weighted by Crippen LogP contribution is 2.11. The minimum absolute atomic E-state index is 0.128. The van der Waals surface area contributed by atoms with E-state index in [0.29, 0.717) is 13.0 Å². The molecule has 0 aromatic heterocycles. The van der Waals surface area contributed by atoms with Crippen LogP contribution in [0.3, 0.4) is 0 Å². The number of ether oxygens (including phenoxy) is 1. The van der Waals surface area contributed by atoms with Crippen LogP contribution in [-0.4, -0.2) is 41.7 Å². The maximum Gasteiger partial charge on any atom is 0.222 e. The molecule has 1 amide bonds. The average Bonchev–Trinajstić information content (AvgIpc) is 2.74. The number of aliphatic hydroxyl groups excluding tert-OH is 1. The van der Waals surface area contributed by atoms with Crippen LogP contribution >= 0.6 is 0 Å². The third kappa shape index (κ3) is 3.46. The Labute approximate surface area is 101 Å². The van der Waals surface area contributed by atoms with E-state index in [2.05, 4.69) is 0 Å². The molecule has 92 valence electrons. The molecule has 4 nitrogen and oxygen atoms in total. The van der Waals surface area contributed by atoms with Crippen LogP contribution in [0.4, 0.5) is 0 Å². The number of β-amino-alcohol motifs (C(OH)–C–C–N with tert-alkyl or cyclic N) is 1. The lowest BCUT2D eigenvalue weighted by Crippen LogP contribution is -2.36. The lowest BCUT2D eigenvalue weighted by atomic mass is 10.3. The summed E-state index contributed by atoms with van der Waals surface area (Å²) in [5.41, 5.74) is 0. The van der Waals surface area contributed by atoms with Crippen LogP contribution in [0.1, 0.15) is 12.8 Å². The maximum absolute atomic E-state index is 11.4. The molecule has 0 unspecified atom stereocenters. The summed E-state index contributed by atoms with van der Waals surface area (Å²) < 4.78 is 5.43. The van der Waals surface area contributed by atoms with Crippen molar-refractivity contribution in [2.24, 2.45) is 0 Å². The number of rotatable bonds is 5. The monoisotopic (exact) mass is 235 g/mol. The van der Waals surface area contributed by atoms with E-state index in [1.165, 1.54) is 0 Å². The van der Waals surface area contributed by atoms with Gasteiger partial charge in [0.1, 0.15) is 18.5 Å². The van der Waals surface area contributed by atoms with E-state index >= 15 is 0 Å². The van der Waals surface area contributed by atoms with Gasteiger partial charge in [-0.3, -0.25) is 4.79 Å². The fourth-order valence-electron chi connectivity index (χ4n) is 1.91. The second-order valence-corrected chi connectivity index (χ2v) is 4.22. The zero-order valence-electron chi connectivity index (χ0n) is 9.71. The summed E-state index contributed by atoms with van der Waals surface area (Å²) in [6, 6.07) is 9.35. The Morgan fingerprint density at radius 2 is 2.12 bits per heavy atom. The maximum atomic E-state index is 11.4. The van der Waals surface area contributed by atoms with E-state index in [0.717, 1.165) is 18.7 Å². The van der Waals surface area contributed by atoms with Crippen LogP contribution in [0.15, 0.2) is 30.3 Å². The first-order chi connectivity index (χ1) is 8.25. The summed E-state index contributed by atoms with van der Waals surface area (Å²) in [6.45, 7) is 1.33. The molecular formula is C13H17NO3. The zero-order chi connectivity index (χ0) is 12.1. The van der Waals surface area contributed by atoms with E-state index in [9.17, 15) is 9.90 Å². The lowest BCUT2D eigenvalue weighted by Gasteiger charge is -2.20. The molecule has 0 aliphatic carbocycles. The van der Waals surface area contributed by atoms with Gasteiger partial charge in [0.25, 0.3) is 0 Å². The Bertz CT molecular complexity index is 366. The fourth-order valence-corrected chi connectivity index (χ4v) is 1.91. The van der Waals surface area contributed by atoms with Crippen molar-refractivity contribution < 1.29 is 14.6 Å². The minimum atomic E-state index is -0.628. The van der Waals surface area contributed by atoms with Gasteiger partial charge in [0, 0.05) is 19.5 Å². The molecule has 0 saturated carbocycles. The number of hydrogen-bond donors (Lipinski definition) is 1. The van der Waals surface area contributed by atoms with Crippen molar-refractivity contribution in [2.45, 2.75) is 18.9 Å². The van der Waals surface area contributed by atoms with Gasteiger partial charge < -0.3 is 14.7 Å². The normalized spacial score (nSPS) is 17.2. The van der Waals surface area contributed by atoms with Gasteiger partial charge in [-0.25, -0.2) is 0 Å². The highest BCUT2D eigenvalue weighted by Gasteiger charge is 2.22. The lowest BCUT2D eigenvalue weighted by molar-refractivity contribution is -0.129. The number of amides is 1. The number of hydrogen-bond acceptors (Lipinski definition) is 3. The van der Waals surface area contributed by atoms with Crippen LogP contribution in [0, 0.1) is 0 Å². The summed E-state index contributed by atoms with van der Waals surface area (Å²) >= 11 is 0. The topological polar surface area (TPSA) is 49.8 Å². The minimum Gasteiger partial charge on any atom is -0.491 e. The van der Waals surface area contributed by atoms with Crippen LogP contribution in [0.2, 0.25) is 0 Å². The van der Waals surface area contributed by atoms with E-state index in [1.807, 2.05) is 30.3 Å². The molecule has 1 saturated heterocycles. The standard InChI is InChI=1S/C13H17NO3/c15-11(9-14-8-4-7-13(14)16)10-17-12-5-2-1-3-6-12/h1-3,5-6,11,15H,4,7-10H2/t11-/m1/s1. The molecule has 1 aliphatic rings. The first-order valence-electron chi connectivity index (χ1n) is 5.89. The summed E-state index contributed by atoms with van der Waals surface area (Å²) in [4.78, 5) is 13.1. The third-order valence-electron chi connectivity index (χ3n) is 2.79. The van der Waals surface area contributed by atoms with Gasteiger partial charge in [-0.2, -0.15) is 0 Å².